The molecule has 0 bridgehead atoms. The number of nitrogens with zero attached hydrogens (tertiary/aromatic N) is 2. The first-order valence-electron chi connectivity index (χ1n) is 10.5. The van der Waals surface area contributed by atoms with Gasteiger partial charge in [-0.2, -0.15) is 0 Å². The van der Waals surface area contributed by atoms with E-state index in [2.05, 4.69) is 9.80 Å². The molecule has 2 amide bonds. The highest BCUT2D eigenvalue weighted by Crippen LogP contribution is 2.45. The Hall–Kier alpha value is -1.69. The zero-order valence-electron chi connectivity index (χ0n) is 16.7. The van der Waals surface area contributed by atoms with Crippen LogP contribution in [0.15, 0.2) is 24.3 Å². The molecule has 4 rings (SSSR count). The van der Waals surface area contributed by atoms with Crippen LogP contribution >= 0.6 is 11.8 Å². The van der Waals surface area contributed by atoms with Gasteiger partial charge in [-0.1, -0.05) is 25.3 Å². The Kier molecular flexibility index (Phi) is 5.85. The van der Waals surface area contributed by atoms with Crippen LogP contribution in [0, 0.1) is 5.92 Å². The number of ether oxygens (including phenoxy) is 1. The Balaban J connectivity index is 1.43. The van der Waals surface area contributed by atoms with E-state index in [0.29, 0.717) is 17.2 Å². The normalized spacial score (nSPS) is 22.5. The first-order chi connectivity index (χ1) is 13.6. The predicted molar refractivity (Wildman–Crippen MR) is 112 cm³/mol. The lowest BCUT2D eigenvalue weighted by molar-refractivity contribution is -0.138. The van der Waals surface area contributed by atoms with Gasteiger partial charge < -0.3 is 14.5 Å². The van der Waals surface area contributed by atoms with Crippen molar-refractivity contribution in [1.82, 2.24) is 9.80 Å². The van der Waals surface area contributed by atoms with Crippen LogP contribution in [0.4, 0.5) is 0 Å². The third-order valence-corrected chi connectivity index (χ3v) is 8.10. The predicted octanol–water partition coefficient (Wildman–Crippen LogP) is 3.78. The zero-order valence-corrected chi connectivity index (χ0v) is 17.5. The summed E-state index contributed by atoms with van der Waals surface area (Å²) in [6.45, 7) is 2.31. The van der Waals surface area contributed by atoms with Gasteiger partial charge in [-0.15, -0.1) is 11.8 Å². The number of thioether (sulfide) groups is 1. The molecule has 2 aliphatic heterocycles. The number of piperidine rings is 1. The Morgan fingerprint density at radius 1 is 1.11 bits per heavy atom. The Bertz CT molecular complexity index is 724. The zero-order chi connectivity index (χ0) is 19.6. The van der Waals surface area contributed by atoms with Crippen molar-refractivity contribution in [3.63, 3.8) is 0 Å². The van der Waals surface area contributed by atoms with Crippen molar-refractivity contribution in [2.24, 2.45) is 5.92 Å². The number of methoxy groups -OCH3 is 1. The molecule has 1 aromatic rings. The summed E-state index contributed by atoms with van der Waals surface area (Å²) in [5, 5.41) is 0. The topological polar surface area (TPSA) is 49.9 Å². The van der Waals surface area contributed by atoms with Gasteiger partial charge in [0.15, 0.2) is 0 Å². The fourth-order valence-corrected chi connectivity index (χ4v) is 6.36. The fourth-order valence-electron chi connectivity index (χ4n) is 4.91. The summed E-state index contributed by atoms with van der Waals surface area (Å²) in [5.74, 6) is 2.33. The van der Waals surface area contributed by atoms with E-state index in [9.17, 15) is 9.59 Å². The molecule has 2 heterocycles. The van der Waals surface area contributed by atoms with Gasteiger partial charge in [-0.05, 0) is 43.9 Å². The summed E-state index contributed by atoms with van der Waals surface area (Å²) < 4.78 is 5.28. The average Bonchev–Trinajstić information content (AvgIpc) is 3.16. The summed E-state index contributed by atoms with van der Waals surface area (Å²) >= 11 is 1.89. The Labute approximate surface area is 171 Å². The van der Waals surface area contributed by atoms with Crippen LogP contribution in [0.1, 0.15) is 55.3 Å². The van der Waals surface area contributed by atoms with Crippen LogP contribution in [0.25, 0.3) is 0 Å². The van der Waals surface area contributed by atoms with Crippen molar-refractivity contribution in [2.45, 2.75) is 49.8 Å². The summed E-state index contributed by atoms with van der Waals surface area (Å²) in [6, 6.07) is 7.41. The minimum absolute atomic E-state index is 0.0796. The largest absolute Gasteiger partial charge is 0.497 e. The first-order valence-corrected chi connectivity index (χ1v) is 11.5. The second kappa shape index (κ2) is 8.36. The Morgan fingerprint density at radius 2 is 1.86 bits per heavy atom. The quantitative estimate of drug-likeness (QED) is 0.772. The molecule has 3 fully saturated rings. The molecule has 5 nitrogen and oxygen atoms in total. The lowest BCUT2D eigenvalue weighted by Crippen LogP contribution is -2.54. The monoisotopic (exact) mass is 402 g/mol. The molecule has 0 N–H and O–H groups in total. The van der Waals surface area contributed by atoms with Crippen molar-refractivity contribution in [2.75, 3.05) is 32.5 Å². The first kappa shape index (κ1) is 19.6. The lowest BCUT2D eigenvalue weighted by Gasteiger charge is -2.45. The van der Waals surface area contributed by atoms with Crippen molar-refractivity contribution >= 4 is 23.6 Å². The van der Waals surface area contributed by atoms with E-state index < -0.39 is 0 Å². The van der Waals surface area contributed by atoms with E-state index >= 15 is 0 Å². The number of benzene rings is 1. The Morgan fingerprint density at radius 3 is 2.57 bits per heavy atom. The number of likely N-dealkylation sites (tertiary alicyclic amines) is 1. The maximum absolute atomic E-state index is 13.2. The molecule has 1 saturated carbocycles. The second-order valence-electron chi connectivity index (χ2n) is 8.14. The molecule has 1 aromatic carbocycles. The maximum Gasteiger partial charge on any atom is 0.255 e. The average molecular weight is 403 g/mol. The van der Waals surface area contributed by atoms with Crippen molar-refractivity contribution < 1.29 is 14.3 Å². The summed E-state index contributed by atoms with van der Waals surface area (Å²) in [4.78, 5) is 30.1. The molecule has 2 saturated heterocycles. The highest BCUT2D eigenvalue weighted by Gasteiger charge is 2.47. The van der Waals surface area contributed by atoms with E-state index in [1.807, 2.05) is 36.0 Å². The van der Waals surface area contributed by atoms with Crippen LogP contribution in [0.5, 0.6) is 5.75 Å². The van der Waals surface area contributed by atoms with Crippen molar-refractivity contribution in [3.05, 3.63) is 29.8 Å². The summed E-state index contributed by atoms with van der Waals surface area (Å²) in [5.41, 5.74) is 0.682. The van der Waals surface area contributed by atoms with Crippen LogP contribution in [0.2, 0.25) is 0 Å². The highest BCUT2D eigenvalue weighted by atomic mass is 32.2. The molecule has 6 heteroatoms. The van der Waals surface area contributed by atoms with Crippen molar-refractivity contribution in [1.29, 1.82) is 0 Å². The van der Waals surface area contributed by atoms with E-state index in [-0.39, 0.29) is 16.7 Å². The van der Waals surface area contributed by atoms with Crippen LogP contribution in [-0.4, -0.2) is 59.0 Å². The van der Waals surface area contributed by atoms with E-state index in [1.54, 1.807) is 7.11 Å². The third kappa shape index (κ3) is 3.76. The van der Waals surface area contributed by atoms with Crippen LogP contribution < -0.4 is 4.74 Å². The third-order valence-electron chi connectivity index (χ3n) is 6.55. The van der Waals surface area contributed by atoms with Gasteiger partial charge in [-0.25, -0.2) is 0 Å². The van der Waals surface area contributed by atoms with E-state index in [1.165, 1.54) is 19.3 Å². The molecule has 1 spiro atoms. The molecule has 3 aliphatic rings. The van der Waals surface area contributed by atoms with Gasteiger partial charge in [0.25, 0.3) is 5.91 Å². The van der Waals surface area contributed by atoms with Crippen LogP contribution in [-0.2, 0) is 4.79 Å². The number of amides is 2. The van der Waals surface area contributed by atoms with Gasteiger partial charge in [0, 0.05) is 36.9 Å². The SMILES string of the molecule is COc1cccc(C(=O)N2CCSC23CCN(C(=O)C2CCCCC2)CC3)c1. The maximum atomic E-state index is 13.2. The van der Waals surface area contributed by atoms with E-state index in [4.69, 9.17) is 4.74 Å². The van der Waals surface area contributed by atoms with Crippen LogP contribution in [0.3, 0.4) is 0 Å². The molecular weight excluding hydrogens is 372 g/mol. The molecule has 0 radical (unpaired) electrons. The summed E-state index contributed by atoms with van der Waals surface area (Å²) in [7, 11) is 1.62. The highest BCUT2D eigenvalue weighted by molar-refractivity contribution is 8.00. The molecular formula is C22H30N2O3S. The molecule has 0 atom stereocenters. The molecule has 152 valence electrons. The number of carbonyl (C=O) groups excluding carboxylic acids is 2. The van der Waals surface area contributed by atoms with Crippen molar-refractivity contribution in [3.8, 4) is 5.75 Å². The number of hydrogen-bond acceptors (Lipinski definition) is 4. The molecule has 28 heavy (non-hydrogen) atoms. The molecule has 0 unspecified atom stereocenters. The minimum atomic E-state index is -0.163. The van der Waals surface area contributed by atoms with Gasteiger partial charge >= 0.3 is 0 Å². The fraction of sp³-hybridized carbons (Fsp3) is 0.636. The van der Waals surface area contributed by atoms with Gasteiger partial charge in [-0.3, -0.25) is 9.59 Å². The summed E-state index contributed by atoms with van der Waals surface area (Å²) in [6.07, 6.45) is 7.48. The van der Waals surface area contributed by atoms with Gasteiger partial charge in [0.1, 0.15) is 5.75 Å². The number of carbonyl (C=O) groups is 2. The molecule has 0 aromatic heterocycles. The number of hydrogen-bond donors (Lipinski definition) is 0. The second-order valence-corrected chi connectivity index (χ2v) is 9.60. The lowest BCUT2D eigenvalue weighted by atomic mass is 9.87. The van der Waals surface area contributed by atoms with Gasteiger partial charge in [0.05, 0.1) is 12.0 Å². The number of rotatable bonds is 3. The smallest absolute Gasteiger partial charge is 0.255 e. The van der Waals surface area contributed by atoms with Gasteiger partial charge in [0.2, 0.25) is 5.91 Å². The van der Waals surface area contributed by atoms with E-state index in [0.717, 1.165) is 51.1 Å². The standard InChI is InChI=1S/C22H30N2O3S/c1-27-19-9-5-8-18(16-19)21(26)24-14-15-28-22(24)10-12-23(13-11-22)20(25)17-6-3-2-4-7-17/h5,8-9,16-17H,2-4,6-7,10-15H2,1H3. The minimum Gasteiger partial charge on any atom is -0.497 e. The molecule has 1 aliphatic carbocycles.